The van der Waals surface area contributed by atoms with Crippen molar-refractivity contribution in [1.82, 2.24) is 4.90 Å². The molecule has 110 valence electrons. The topological polar surface area (TPSA) is 72.6 Å². The van der Waals surface area contributed by atoms with Crippen molar-refractivity contribution in [2.45, 2.75) is 20.4 Å². The van der Waals surface area contributed by atoms with Gasteiger partial charge in [-0.2, -0.15) is 0 Å². The van der Waals surface area contributed by atoms with E-state index in [-0.39, 0.29) is 12.5 Å². The fraction of sp³-hybridized carbons (Fsp3) is 0.467. The summed E-state index contributed by atoms with van der Waals surface area (Å²) in [7, 11) is 1.58. The molecule has 0 unspecified atom stereocenters. The summed E-state index contributed by atoms with van der Waals surface area (Å²) in [6.45, 7) is 5.61. The molecule has 5 heteroatoms. The van der Waals surface area contributed by atoms with E-state index in [1.807, 2.05) is 4.90 Å². The van der Waals surface area contributed by atoms with Gasteiger partial charge in [0.15, 0.2) is 0 Å². The zero-order valence-corrected chi connectivity index (χ0v) is 12.3. The fourth-order valence-electron chi connectivity index (χ4n) is 2.16. The Morgan fingerprint density at radius 2 is 2.15 bits per heavy atom. The lowest BCUT2D eigenvalue weighted by Crippen LogP contribution is -2.35. The minimum absolute atomic E-state index is 0.187. The third kappa shape index (κ3) is 5.01. The van der Waals surface area contributed by atoms with Gasteiger partial charge in [-0.3, -0.25) is 14.5 Å². The first-order valence-corrected chi connectivity index (χ1v) is 6.59. The molecule has 0 radical (unpaired) electrons. The summed E-state index contributed by atoms with van der Waals surface area (Å²) < 4.78 is 5.30. The van der Waals surface area contributed by atoms with Gasteiger partial charge in [-0.05, 0) is 24.1 Å². The number of carbonyl (C=O) groups is 2. The number of nitrogens with two attached hydrogens (primary N) is 1. The molecule has 0 aliphatic carbocycles. The summed E-state index contributed by atoms with van der Waals surface area (Å²) in [5.41, 5.74) is 6.74. The van der Waals surface area contributed by atoms with E-state index in [1.54, 1.807) is 25.3 Å². The van der Waals surface area contributed by atoms with E-state index >= 15 is 0 Å². The van der Waals surface area contributed by atoms with Gasteiger partial charge in [0, 0.05) is 24.2 Å². The molecule has 5 nitrogen and oxygen atoms in total. The molecule has 0 saturated carbocycles. The minimum Gasteiger partial charge on any atom is -0.496 e. The van der Waals surface area contributed by atoms with Crippen LogP contribution in [0.1, 0.15) is 29.8 Å². The largest absolute Gasteiger partial charge is 0.496 e. The molecule has 20 heavy (non-hydrogen) atoms. The summed E-state index contributed by atoms with van der Waals surface area (Å²) in [6, 6.07) is 5.24. The van der Waals surface area contributed by atoms with Gasteiger partial charge >= 0.3 is 0 Å². The van der Waals surface area contributed by atoms with Crippen LogP contribution in [-0.2, 0) is 11.3 Å². The number of hydrogen-bond acceptors (Lipinski definition) is 4. The van der Waals surface area contributed by atoms with Gasteiger partial charge in [0.05, 0.1) is 13.7 Å². The van der Waals surface area contributed by atoms with Crippen LogP contribution in [0.15, 0.2) is 18.2 Å². The van der Waals surface area contributed by atoms with E-state index < -0.39 is 0 Å². The predicted molar refractivity (Wildman–Crippen MR) is 77.7 cm³/mol. The number of ether oxygens (including phenoxy) is 1. The maximum absolute atomic E-state index is 11.2. The lowest BCUT2D eigenvalue weighted by Gasteiger charge is -2.23. The van der Waals surface area contributed by atoms with Crippen LogP contribution in [0.5, 0.6) is 5.75 Å². The highest BCUT2D eigenvalue weighted by molar-refractivity contribution is 5.76. The van der Waals surface area contributed by atoms with Crippen molar-refractivity contribution in [2.24, 2.45) is 11.7 Å². The molecule has 0 aliphatic heterocycles. The molecule has 0 heterocycles. The van der Waals surface area contributed by atoms with Crippen LogP contribution >= 0.6 is 0 Å². The molecule has 1 aromatic rings. The Kier molecular flexibility index (Phi) is 6.18. The first kappa shape index (κ1) is 16.2. The van der Waals surface area contributed by atoms with Crippen molar-refractivity contribution in [3.8, 4) is 5.75 Å². The number of carbonyl (C=O) groups excluding carboxylic acids is 2. The Bertz CT molecular complexity index is 472. The first-order valence-electron chi connectivity index (χ1n) is 6.59. The van der Waals surface area contributed by atoms with E-state index in [2.05, 4.69) is 13.8 Å². The van der Waals surface area contributed by atoms with Crippen molar-refractivity contribution < 1.29 is 14.3 Å². The number of amides is 1. The van der Waals surface area contributed by atoms with Gasteiger partial charge in [-0.25, -0.2) is 0 Å². The number of rotatable bonds is 8. The molecule has 0 fully saturated rings. The zero-order chi connectivity index (χ0) is 15.1. The molecular formula is C15H22N2O3. The second kappa shape index (κ2) is 7.65. The summed E-state index contributed by atoms with van der Waals surface area (Å²) in [4.78, 5) is 24.0. The van der Waals surface area contributed by atoms with Gasteiger partial charge in [0.2, 0.25) is 5.91 Å². The third-order valence-electron chi connectivity index (χ3n) is 2.84. The Morgan fingerprint density at radius 1 is 1.45 bits per heavy atom. The van der Waals surface area contributed by atoms with Crippen LogP contribution in [0.2, 0.25) is 0 Å². The van der Waals surface area contributed by atoms with Gasteiger partial charge in [-0.1, -0.05) is 13.8 Å². The van der Waals surface area contributed by atoms with E-state index in [0.717, 1.165) is 18.4 Å². The molecule has 1 rings (SSSR count). The third-order valence-corrected chi connectivity index (χ3v) is 2.84. The maximum Gasteiger partial charge on any atom is 0.231 e. The van der Waals surface area contributed by atoms with E-state index in [1.165, 1.54) is 0 Å². The summed E-state index contributed by atoms with van der Waals surface area (Å²) in [5, 5.41) is 0. The lowest BCUT2D eigenvalue weighted by atomic mass is 10.1. The van der Waals surface area contributed by atoms with Crippen molar-refractivity contribution >= 4 is 12.2 Å². The zero-order valence-electron chi connectivity index (χ0n) is 12.3. The number of aldehydes is 1. The van der Waals surface area contributed by atoms with E-state index in [4.69, 9.17) is 10.5 Å². The number of hydrogen-bond donors (Lipinski definition) is 1. The number of primary amides is 1. The van der Waals surface area contributed by atoms with Gasteiger partial charge in [-0.15, -0.1) is 0 Å². The second-order valence-electron chi connectivity index (χ2n) is 5.22. The predicted octanol–water partition coefficient (Wildman–Crippen LogP) is 1.45. The maximum atomic E-state index is 11.2. The molecule has 0 saturated heterocycles. The smallest absolute Gasteiger partial charge is 0.231 e. The fourth-order valence-corrected chi connectivity index (χ4v) is 2.16. The summed E-state index contributed by atoms with van der Waals surface area (Å²) in [6.07, 6.45) is 0.795. The Hall–Kier alpha value is -1.88. The SMILES string of the molecule is COc1ccc(C=O)cc1CN(CC(N)=O)CC(C)C. The average molecular weight is 278 g/mol. The molecule has 2 N–H and O–H groups in total. The summed E-state index contributed by atoms with van der Waals surface area (Å²) in [5.74, 6) is 0.750. The van der Waals surface area contributed by atoms with Gasteiger partial charge < -0.3 is 10.5 Å². The Balaban J connectivity index is 2.95. The molecular weight excluding hydrogens is 256 g/mol. The quantitative estimate of drug-likeness (QED) is 0.730. The number of benzene rings is 1. The van der Waals surface area contributed by atoms with Crippen LogP contribution in [0.3, 0.4) is 0 Å². The highest BCUT2D eigenvalue weighted by Gasteiger charge is 2.14. The van der Waals surface area contributed by atoms with E-state index in [9.17, 15) is 9.59 Å². The molecule has 0 spiro atoms. The molecule has 0 aliphatic rings. The Morgan fingerprint density at radius 3 is 2.65 bits per heavy atom. The van der Waals surface area contributed by atoms with Gasteiger partial charge in [0.25, 0.3) is 0 Å². The number of methoxy groups -OCH3 is 1. The van der Waals surface area contributed by atoms with Crippen molar-refractivity contribution in [1.29, 1.82) is 0 Å². The van der Waals surface area contributed by atoms with Crippen molar-refractivity contribution in [3.05, 3.63) is 29.3 Å². The second-order valence-corrected chi connectivity index (χ2v) is 5.22. The van der Waals surface area contributed by atoms with Crippen LogP contribution in [-0.4, -0.2) is 37.3 Å². The molecule has 1 aromatic carbocycles. The monoisotopic (exact) mass is 278 g/mol. The van der Waals surface area contributed by atoms with Crippen molar-refractivity contribution in [2.75, 3.05) is 20.2 Å². The van der Waals surface area contributed by atoms with Crippen LogP contribution in [0.4, 0.5) is 0 Å². The first-order chi connectivity index (χ1) is 9.46. The van der Waals surface area contributed by atoms with Crippen molar-refractivity contribution in [3.63, 3.8) is 0 Å². The molecule has 1 amide bonds. The van der Waals surface area contributed by atoms with Gasteiger partial charge in [0.1, 0.15) is 12.0 Å². The lowest BCUT2D eigenvalue weighted by molar-refractivity contribution is -0.119. The molecule has 0 aromatic heterocycles. The molecule has 0 atom stereocenters. The molecule has 0 bridgehead atoms. The van der Waals surface area contributed by atoms with Crippen LogP contribution < -0.4 is 10.5 Å². The van der Waals surface area contributed by atoms with Crippen LogP contribution in [0, 0.1) is 5.92 Å². The summed E-state index contributed by atoms with van der Waals surface area (Å²) >= 11 is 0. The minimum atomic E-state index is -0.365. The Labute approximate surface area is 119 Å². The normalized spacial score (nSPS) is 10.8. The highest BCUT2D eigenvalue weighted by Crippen LogP contribution is 2.21. The number of nitrogens with zero attached hydrogens (tertiary/aromatic N) is 1. The van der Waals surface area contributed by atoms with E-state index in [0.29, 0.717) is 23.8 Å². The highest BCUT2D eigenvalue weighted by atomic mass is 16.5. The average Bonchev–Trinajstić information content (AvgIpc) is 2.37. The standard InChI is InChI=1S/C15H22N2O3/c1-11(2)7-17(9-15(16)19)8-13-6-12(10-18)4-5-14(13)20-3/h4-6,10-11H,7-9H2,1-3H3,(H2,16,19). The van der Waals surface area contributed by atoms with Crippen LogP contribution in [0.25, 0.3) is 0 Å².